The average molecular weight is 719 g/mol. The Kier molecular flexibility index (Phi) is 11.3. The molecular weight excluding hydrogens is 665 g/mol. The van der Waals surface area contributed by atoms with Crippen molar-refractivity contribution in [2.24, 2.45) is 29.4 Å². The van der Waals surface area contributed by atoms with Crippen LogP contribution in [0.15, 0.2) is 33.6 Å². The number of anilines is 1. The van der Waals surface area contributed by atoms with Crippen molar-refractivity contribution in [3.63, 3.8) is 0 Å². The first-order chi connectivity index (χ1) is 23.6. The van der Waals surface area contributed by atoms with Gasteiger partial charge in [-0.15, -0.1) is 0 Å². The molecule has 0 bridgehead atoms. The van der Waals surface area contributed by atoms with Gasteiger partial charge in [-0.3, -0.25) is 4.79 Å². The molecule has 1 aromatic carbocycles. The van der Waals surface area contributed by atoms with Gasteiger partial charge < -0.3 is 20.2 Å². The topological polar surface area (TPSA) is 171 Å². The number of hydrogen-bond acceptors (Lipinski definition) is 8. The standard InChI is InChI=1S/C36H52FN5O7S/c1-22-23(2)48-34(39-22)41-50(46,47)28-17-15-27(16-18-28)42(20-19-29(31(42)32(38)43)24-9-7-6-8-10-24)33(44)26-13-11-25(12-14-26)30(21-37)40-35(45)49-36(3,4)5/h15-18,24-26,29-31H,6-14,19-21H2,1-5H3,(H3-,38,39,40,41,43,45)/p+1/t25?,26?,29-,30+,31-,42?/m0/s1. The number of carbonyl (C=O) groups excluding carboxylic acids is 3. The SMILES string of the molecule is Cc1nc(NS(=O)(=O)c2ccc([N+]3(C(=O)C4CCC([C@@H](CF)NC(=O)OC(C)(C)C)CC4)CC[C@@H](C4CCCCC4)[C@H]3C(N)=O)cc2)oc1C. The Bertz CT molecular complexity index is 1620. The fourth-order valence-corrected chi connectivity index (χ4v) is 9.47. The lowest BCUT2D eigenvalue weighted by Gasteiger charge is -2.42. The van der Waals surface area contributed by atoms with Gasteiger partial charge in [0.1, 0.15) is 23.7 Å². The fourth-order valence-electron chi connectivity index (χ4n) is 8.54. The smallest absolute Gasteiger partial charge is 0.407 e. The van der Waals surface area contributed by atoms with Crippen LogP contribution in [-0.2, 0) is 24.3 Å². The van der Waals surface area contributed by atoms with Crippen molar-refractivity contribution < 1.29 is 36.3 Å². The van der Waals surface area contributed by atoms with Crippen LogP contribution >= 0.6 is 0 Å². The van der Waals surface area contributed by atoms with E-state index in [0.29, 0.717) is 55.8 Å². The van der Waals surface area contributed by atoms with Gasteiger partial charge in [-0.1, -0.05) is 19.3 Å². The maximum absolute atomic E-state index is 15.0. The van der Waals surface area contributed by atoms with Gasteiger partial charge in [0.25, 0.3) is 15.9 Å². The molecule has 2 heterocycles. The number of halogens is 1. The Morgan fingerprint density at radius 2 is 1.66 bits per heavy atom. The first-order valence-electron chi connectivity index (χ1n) is 17.9. The van der Waals surface area contributed by atoms with Crippen molar-refractivity contribution in [3.05, 3.63) is 35.7 Å². The molecule has 50 heavy (non-hydrogen) atoms. The molecule has 1 aliphatic heterocycles. The van der Waals surface area contributed by atoms with Crippen molar-refractivity contribution in [2.45, 2.75) is 121 Å². The van der Waals surface area contributed by atoms with Gasteiger partial charge in [0.05, 0.1) is 29.1 Å². The highest BCUT2D eigenvalue weighted by Crippen LogP contribution is 2.47. The number of nitrogens with one attached hydrogen (secondary N) is 2. The summed E-state index contributed by atoms with van der Waals surface area (Å²) in [5.74, 6) is -0.584. The second-order valence-corrected chi connectivity index (χ2v) is 17.1. The molecule has 0 spiro atoms. The molecule has 1 unspecified atom stereocenters. The Morgan fingerprint density at radius 3 is 2.20 bits per heavy atom. The van der Waals surface area contributed by atoms with Crippen molar-refractivity contribution in [1.29, 1.82) is 0 Å². The van der Waals surface area contributed by atoms with Crippen LogP contribution in [0, 0.1) is 37.5 Å². The number of aryl methyl sites for hydroxylation is 2. The molecule has 2 saturated carbocycles. The molecule has 5 rings (SSSR count). The largest absolute Gasteiger partial charge is 0.444 e. The summed E-state index contributed by atoms with van der Waals surface area (Å²) in [6, 6.07) is 4.43. The number of nitrogens with zero attached hydrogens (tertiary/aromatic N) is 2. The Morgan fingerprint density at radius 1 is 1.02 bits per heavy atom. The number of nitrogens with two attached hydrogens (primary N) is 1. The van der Waals surface area contributed by atoms with E-state index in [0.717, 1.165) is 32.1 Å². The molecule has 12 nitrogen and oxygen atoms in total. The summed E-state index contributed by atoms with van der Waals surface area (Å²) < 4.78 is 53.6. The van der Waals surface area contributed by atoms with Crippen molar-refractivity contribution >= 4 is 39.6 Å². The van der Waals surface area contributed by atoms with Gasteiger partial charge >= 0.3 is 18.0 Å². The monoisotopic (exact) mass is 718 g/mol. The maximum atomic E-state index is 15.0. The minimum absolute atomic E-state index is 0.0470. The number of primary amides is 1. The van der Waals surface area contributed by atoms with E-state index in [4.69, 9.17) is 14.9 Å². The number of amides is 3. The molecule has 1 aromatic heterocycles. The number of alkyl carbamates (subject to hydrolysis) is 1. The quantitative estimate of drug-likeness (QED) is 0.249. The zero-order valence-corrected chi connectivity index (χ0v) is 30.7. The van der Waals surface area contributed by atoms with Gasteiger partial charge in [0.15, 0.2) is 6.04 Å². The molecule has 3 fully saturated rings. The van der Waals surface area contributed by atoms with Crippen LogP contribution in [-0.4, -0.2) is 62.2 Å². The summed E-state index contributed by atoms with van der Waals surface area (Å²) in [6.07, 6.45) is 7.15. The minimum Gasteiger partial charge on any atom is -0.444 e. The van der Waals surface area contributed by atoms with Crippen molar-refractivity contribution in [2.75, 3.05) is 17.9 Å². The van der Waals surface area contributed by atoms with E-state index in [2.05, 4.69) is 15.0 Å². The first-order valence-corrected chi connectivity index (χ1v) is 19.4. The maximum Gasteiger partial charge on any atom is 0.407 e. The van der Waals surface area contributed by atoms with Crippen LogP contribution in [0.3, 0.4) is 0 Å². The Labute approximate surface area is 294 Å². The molecule has 2 aromatic rings. The highest BCUT2D eigenvalue weighted by molar-refractivity contribution is 7.92. The van der Waals surface area contributed by atoms with E-state index in [9.17, 15) is 27.2 Å². The molecule has 3 aliphatic rings. The molecule has 0 radical (unpaired) electrons. The molecule has 1 saturated heterocycles. The number of aromatic nitrogens is 1. The summed E-state index contributed by atoms with van der Waals surface area (Å²) in [5, 5.41) is 2.68. The normalized spacial score (nSPS) is 27.0. The van der Waals surface area contributed by atoms with Crippen LogP contribution in [0.4, 0.5) is 20.9 Å². The molecule has 4 atom stereocenters. The molecule has 14 heteroatoms. The number of rotatable bonds is 10. The molecule has 2 aliphatic carbocycles. The van der Waals surface area contributed by atoms with E-state index in [-0.39, 0.29) is 39.1 Å². The van der Waals surface area contributed by atoms with Gasteiger partial charge in [-0.2, -0.15) is 4.98 Å². The third-order valence-electron chi connectivity index (χ3n) is 11.1. The highest BCUT2D eigenvalue weighted by atomic mass is 32.2. The summed E-state index contributed by atoms with van der Waals surface area (Å²) in [6.45, 7) is 8.25. The zero-order valence-electron chi connectivity index (χ0n) is 29.9. The number of quaternary nitrogens is 1. The van der Waals surface area contributed by atoms with Crippen LogP contribution in [0.25, 0.3) is 0 Å². The average Bonchev–Trinajstić information content (AvgIpc) is 3.62. The van der Waals surface area contributed by atoms with Gasteiger partial charge in [0, 0.05) is 24.5 Å². The third-order valence-corrected chi connectivity index (χ3v) is 12.4. The summed E-state index contributed by atoms with van der Waals surface area (Å²) in [5.41, 5.74) is 6.59. The fraction of sp³-hybridized carbons (Fsp3) is 0.667. The lowest BCUT2D eigenvalue weighted by atomic mass is 9.75. The number of likely N-dealkylation sites (tertiary alicyclic amines) is 1. The highest BCUT2D eigenvalue weighted by Gasteiger charge is 2.60. The van der Waals surface area contributed by atoms with E-state index in [1.807, 2.05) is 0 Å². The Hall–Kier alpha value is -3.52. The lowest BCUT2D eigenvalue weighted by molar-refractivity contribution is -0.142. The second-order valence-electron chi connectivity index (χ2n) is 15.4. The number of hydrogen-bond donors (Lipinski definition) is 3. The molecule has 3 amide bonds. The lowest BCUT2D eigenvalue weighted by Crippen LogP contribution is -2.65. The number of benzene rings is 1. The van der Waals surface area contributed by atoms with Crippen molar-refractivity contribution in [3.8, 4) is 0 Å². The number of alkyl halides is 1. The van der Waals surface area contributed by atoms with Crippen molar-refractivity contribution in [1.82, 2.24) is 14.8 Å². The number of sulfonamides is 1. The van der Waals surface area contributed by atoms with E-state index in [1.165, 1.54) is 12.1 Å². The summed E-state index contributed by atoms with van der Waals surface area (Å²) in [7, 11) is -4.07. The van der Waals surface area contributed by atoms with Crippen LogP contribution < -0.4 is 20.3 Å². The predicted molar refractivity (Wildman–Crippen MR) is 187 cm³/mol. The van der Waals surface area contributed by atoms with Gasteiger partial charge in [0.2, 0.25) is 0 Å². The van der Waals surface area contributed by atoms with Crippen LogP contribution in [0.1, 0.15) is 96.4 Å². The predicted octanol–water partition coefficient (Wildman–Crippen LogP) is 6.05. The van der Waals surface area contributed by atoms with E-state index >= 15 is 0 Å². The summed E-state index contributed by atoms with van der Waals surface area (Å²) >= 11 is 0. The first kappa shape index (κ1) is 37.7. The summed E-state index contributed by atoms with van der Waals surface area (Å²) in [4.78, 5) is 44.9. The zero-order chi connectivity index (χ0) is 36.4. The van der Waals surface area contributed by atoms with Gasteiger partial charge in [-0.05, 0) is 97.1 Å². The number of carbonyl (C=O) groups is 3. The Balaban J connectivity index is 1.42. The molecular formula is C36H53FN5O7S+. The molecule has 4 N–H and O–H groups in total. The van der Waals surface area contributed by atoms with Crippen LogP contribution in [0.5, 0.6) is 0 Å². The third kappa shape index (κ3) is 8.01. The minimum atomic E-state index is -4.07. The van der Waals surface area contributed by atoms with Crippen LogP contribution in [0.2, 0.25) is 0 Å². The van der Waals surface area contributed by atoms with E-state index < -0.39 is 52.3 Å². The van der Waals surface area contributed by atoms with Gasteiger partial charge in [-0.25, -0.2) is 31.6 Å². The number of oxazole rings is 1. The molecule has 276 valence electrons. The number of ether oxygens (including phenoxy) is 1. The van der Waals surface area contributed by atoms with E-state index in [1.54, 1.807) is 46.8 Å². The second kappa shape index (κ2) is 15.0.